The van der Waals surface area contributed by atoms with Crippen LogP contribution in [0, 0.1) is 5.92 Å². The van der Waals surface area contributed by atoms with Crippen molar-refractivity contribution in [2.24, 2.45) is 5.92 Å². The fraction of sp³-hybridized carbons (Fsp3) is 0.455. The van der Waals surface area contributed by atoms with Crippen molar-refractivity contribution in [3.63, 3.8) is 0 Å². The van der Waals surface area contributed by atoms with E-state index in [0.29, 0.717) is 11.7 Å². The molecule has 1 atom stereocenters. The van der Waals surface area contributed by atoms with Crippen LogP contribution in [0.5, 0.6) is 0 Å². The summed E-state index contributed by atoms with van der Waals surface area (Å²) in [7, 11) is 3.56. The minimum Gasteiger partial charge on any atom is -0.374 e. The van der Waals surface area contributed by atoms with Gasteiger partial charge in [-0.15, -0.1) is 0 Å². The quantitative estimate of drug-likeness (QED) is 0.814. The SMILES string of the molecule is CNC(=O)C(C)CN(C)c1ccnc(Cl)c1. The van der Waals surface area contributed by atoms with E-state index >= 15 is 0 Å². The molecule has 16 heavy (non-hydrogen) atoms. The largest absolute Gasteiger partial charge is 0.374 e. The molecule has 1 aromatic rings. The lowest BCUT2D eigenvalue weighted by atomic mass is 10.1. The number of carbonyl (C=O) groups is 1. The second-order valence-corrected chi connectivity index (χ2v) is 4.12. The smallest absolute Gasteiger partial charge is 0.224 e. The van der Waals surface area contributed by atoms with Crippen molar-refractivity contribution in [1.82, 2.24) is 10.3 Å². The van der Waals surface area contributed by atoms with Crippen LogP contribution in [0.3, 0.4) is 0 Å². The molecular weight excluding hydrogens is 226 g/mol. The van der Waals surface area contributed by atoms with Gasteiger partial charge in [-0.2, -0.15) is 0 Å². The van der Waals surface area contributed by atoms with Crippen LogP contribution < -0.4 is 10.2 Å². The summed E-state index contributed by atoms with van der Waals surface area (Å²) >= 11 is 5.80. The van der Waals surface area contributed by atoms with E-state index in [1.807, 2.05) is 24.9 Å². The Hall–Kier alpha value is -1.29. The van der Waals surface area contributed by atoms with Gasteiger partial charge in [0.15, 0.2) is 0 Å². The molecule has 1 amide bonds. The zero-order chi connectivity index (χ0) is 12.1. The molecule has 5 heteroatoms. The molecule has 1 rings (SSSR count). The Balaban J connectivity index is 2.65. The zero-order valence-corrected chi connectivity index (χ0v) is 10.5. The molecule has 0 saturated heterocycles. The van der Waals surface area contributed by atoms with Gasteiger partial charge in [0.1, 0.15) is 5.15 Å². The number of hydrogen-bond donors (Lipinski definition) is 1. The van der Waals surface area contributed by atoms with Gasteiger partial charge in [-0.3, -0.25) is 4.79 Å². The Bertz CT molecular complexity index is 370. The summed E-state index contributed by atoms with van der Waals surface area (Å²) in [5.74, 6) is -0.0334. The van der Waals surface area contributed by atoms with E-state index in [1.165, 1.54) is 0 Å². The molecule has 88 valence electrons. The van der Waals surface area contributed by atoms with Crippen molar-refractivity contribution in [3.05, 3.63) is 23.5 Å². The molecule has 1 unspecified atom stereocenters. The van der Waals surface area contributed by atoms with Crippen molar-refractivity contribution in [2.45, 2.75) is 6.92 Å². The van der Waals surface area contributed by atoms with E-state index in [-0.39, 0.29) is 11.8 Å². The third-order valence-corrected chi connectivity index (χ3v) is 2.60. The molecule has 0 aliphatic heterocycles. The molecule has 1 heterocycles. The molecule has 1 N–H and O–H groups in total. The van der Waals surface area contributed by atoms with Gasteiger partial charge < -0.3 is 10.2 Å². The van der Waals surface area contributed by atoms with Crippen LogP contribution in [-0.2, 0) is 4.79 Å². The molecule has 0 fully saturated rings. The van der Waals surface area contributed by atoms with E-state index in [1.54, 1.807) is 19.3 Å². The number of rotatable bonds is 4. The predicted octanol–water partition coefficient (Wildman–Crippen LogP) is 1.55. The summed E-state index contributed by atoms with van der Waals surface area (Å²) < 4.78 is 0. The summed E-state index contributed by atoms with van der Waals surface area (Å²) in [5.41, 5.74) is 0.954. The maximum Gasteiger partial charge on any atom is 0.224 e. The molecule has 0 saturated carbocycles. The molecule has 1 aromatic heterocycles. The van der Waals surface area contributed by atoms with Gasteiger partial charge in [0.25, 0.3) is 0 Å². The lowest BCUT2D eigenvalue weighted by molar-refractivity contribution is -0.123. The number of nitrogens with one attached hydrogen (secondary N) is 1. The van der Waals surface area contributed by atoms with E-state index in [0.717, 1.165) is 5.69 Å². The van der Waals surface area contributed by atoms with Crippen LogP contribution in [-0.4, -0.2) is 31.5 Å². The Morgan fingerprint density at radius 2 is 2.38 bits per heavy atom. The van der Waals surface area contributed by atoms with E-state index < -0.39 is 0 Å². The number of aromatic nitrogens is 1. The van der Waals surface area contributed by atoms with Gasteiger partial charge in [-0.25, -0.2) is 4.98 Å². The van der Waals surface area contributed by atoms with Gasteiger partial charge in [0, 0.05) is 32.5 Å². The van der Waals surface area contributed by atoms with Crippen LogP contribution in [0.4, 0.5) is 5.69 Å². The minimum absolute atomic E-state index is 0.0343. The molecule has 0 aliphatic carbocycles. The Morgan fingerprint density at radius 1 is 1.69 bits per heavy atom. The molecule has 0 aliphatic rings. The molecule has 0 bridgehead atoms. The van der Waals surface area contributed by atoms with E-state index in [9.17, 15) is 4.79 Å². The van der Waals surface area contributed by atoms with Crippen LogP contribution in [0.25, 0.3) is 0 Å². The number of pyridine rings is 1. The average molecular weight is 242 g/mol. The monoisotopic (exact) mass is 241 g/mol. The number of carbonyl (C=O) groups excluding carboxylic acids is 1. The van der Waals surface area contributed by atoms with Gasteiger partial charge in [-0.05, 0) is 12.1 Å². The highest BCUT2D eigenvalue weighted by molar-refractivity contribution is 6.29. The van der Waals surface area contributed by atoms with Crippen LogP contribution in [0.1, 0.15) is 6.92 Å². The molecule has 0 radical (unpaired) electrons. The number of hydrogen-bond acceptors (Lipinski definition) is 3. The lowest BCUT2D eigenvalue weighted by Crippen LogP contribution is -2.34. The van der Waals surface area contributed by atoms with Crippen molar-refractivity contribution in [2.75, 3.05) is 25.5 Å². The summed E-state index contributed by atoms with van der Waals surface area (Å²) in [4.78, 5) is 17.3. The molecular formula is C11H16ClN3O. The van der Waals surface area contributed by atoms with Crippen molar-refractivity contribution in [1.29, 1.82) is 0 Å². The first kappa shape index (κ1) is 12.8. The maximum atomic E-state index is 11.4. The van der Waals surface area contributed by atoms with Crippen LogP contribution in [0.15, 0.2) is 18.3 Å². The Morgan fingerprint density at radius 3 is 2.94 bits per heavy atom. The highest BCUT2D eigenvalue weighted by Crippen LogP contribution is 2.16. The van der Waals surface area contributed by atoms with Gasteiger partial charge in [-0.1, -0.05) is 18.5 Å². The average Bonchev–Trinajstić information content (AvgIpc) is 2.27. The standard InChI is InChI=1S/C11H16ClN3O/c1-8(11(16)13-2)7-15(3)9-4-5-14-10(12)6-9/h4-6,8H,7H2,1-3H3,(H,13,16). The number of amides is 1. The first-order chi connectivity index (χ1) is 7.54. The summed E-state index contributed by atoms with van der Waals surface area (Å²) in [6.45, 7) is 2.53. The van der Waals surface area contributed by atoms with Crippen LogP contribution >= 0.6 is 11.6 Å². The first-order valence-corrected chi connectivity index (χ1v) is 5.46. The Labute approximate surface area is 101 Å². The Kier molecular flexibility index (Phi) is 4.55. The van der Waals surface area contributed by atoms with Gasteiger partial charge >= 0.3 is 0 Å². The van der Waals surface area contributed by atoms with Crippen molar-refractivity contribution < 1.29 is 4.79 Å². The summed E-state index contributed by atoms with van der Waals surface area (Å²) in [5, 5.41) is 3.08. The number of anilines is 1. The normalized spacial score (nSPS) is 12.0. The molecule has 0 aromatic carbocycles. The minimum atomic E-state index is -0.0676. The fourth-order valence-corrected chi connectivity index (χ4v) is 1.64. The highest BCUT2D eigenvalue weighted by Gasteiger charge is 2.13. The highest BCUT2D eigenvalue weighted by atomic mass is 35.5. The van der Waals surface area contributed by atoms with Gasteiger partial charge in [0.05, 0.1) is 5.92 Å². The summed E-state index contributed by atoms with van der Waals surface area (Å²) in [6, 6.07) is 3.64. The second-order valence-electron chi connectivity index (χ2n) is 3.73. The maximum absolute atomic E-state index is 11.4. The number of nitrogens with zero attached hydrogens (tertiary/aromatic N) is 2. The van der Waals surface area contributed by atoms with E-state index in [2.05, 4.69) is 10.3 Å². The summed E-state index contributed by atoms with van der Waals surface area (Å²) in [6.07, 6.45) is 1.65. The fourth-order valence-electron chi connectivity index (χ4n) is 1.48. The van der Waals surface area contributed by atoms with Crippen molar-refractivity contribution in [3.8, 4) is 0 Å². The third kappa shape index (κ3) is 3.38. The zero-order valence-electron chi connectivity index (χ0n) is 9.70. The number of halogens is 1. The lowest BCUT2D eigenvalue weighted by Gasteiger charge is -2.22. The van der Waals surface area contributed by atoms with Gasteiger partial charge in [0.2, 0.25) is 5.91 Å². The first-order valence-electron chi connectivity index (χ1n) is 5.09. The van der Waals surface area contributed by atoms with E-state index in [4.69, 9.17) is 11.6 Å². The molecule has 0 spiro atoms. The molecule has 4 nitrogen and oxygen atoms in total. The second kappa shape index (κ2) is 5.70. The predicted molar refractivity (Wildman–Crippen MR) is 65.7 cm³/mol. The third-order valence-electron chi connectivity index (χ3n) is 2.39. The van der Waals surface area contributed by atoms with Crippen LogP contribution in [0.2, 0.25) is 5.15 Å². The van der Waals surface area contributed by atoms with Crippen molar-refractivity contribution >= 4 is 23.2 Å². The topological polar surface area (TPSA) is 45.2 Å².